The Morgan fingerprint density at radius 1 is 1.08 bits per heavy atom. The van der Waals surface area contributed by atoms with Crippen LogP contribution in [0.25, 0.3) is 6.08 Å². The van der Waals surface area contributed by atoms with E-state index in [-0.39, 0.29) is 5.56 Å². The Morgan fingerprint density at radius 3 is 2.44 bits per heavy atom. The number of hydrogen-bond donors (Lipinski definition) is 0. The Kier molecular flexibility index (Phi) is 8.02. The lowest BCUT2D eigenvalue weighted by Gasteiger charge is -2.25. The molecular weight excluding hydrogens is 555 g/mol. The number of carbonyl (C=O) groups is 1. The van der Waals surface area contributed by atoms with Gasteiger partial charge < -0.3 is 9.47 Å². The van der Waals surface area contributed by atoms with Crippen LogP contribution in [0.2, 0.25) is 10.0 Å². The zero-order chi connectivity index (χ0) is 27.5. The van der Waals surface area contributed by atoms with Gasteiger partial charge in [0.05, 0.1) is 34.0 Å². The van der Waals surface area contributed by atoms with Crippen molar-refractivity contribution in [1.82, 2.24) is 4.57 Å². The second-order valence-electron chi connectivity index (χ2n) is 8.78. The van der Waals surface area contributed by atoms with E-state index in [9.17, 15) is 9.59 Å². The number of carbonyl (C=O) groups excluding carboxylic acids is 1. The maximum absolute atomic E-state index is 13.9. The quantitative estimate of drug-likeness (QED) is 0.264. The number of allylic oxidation sites excluding steroid dienone is 1. The summed E-state index contributed by atoms with van der Waals surface area (Å²) >= 11 is 14.1. The summed E-state index contributed by atoms with van der Waals surface area (Å²) in [6.07, 6.45) is 2.21. The highest BCUT2D eigenvalue weighted by atomic mass is 35.5. The van der Waals surface area contributed by atoms with Crippen LogP contribution in [0.5, 0.6) is 5.75 Å². The number of nitrogens with zero attached hydrogens (tertiary/aromatic N) is 2. The van der Waals surface area contributed by atoms with Gasteiger partial charge in [0, 0.05) is 10.6 Å². The predicted molar refractivity (Wildman–Crippen MR) is 154 cm³/mol. The van der Waals surface area contributed by atoms with Crippen molar-refractivity contribution in [3.63, 3.8) is 0 Å². The minimum atomic E-state index is -0.677. The Morgan fingerprint density at radius 2 is 1.77 bits per heavy atom. The van der Waals surface area contributed by atoms with Crippen LogP contribution in [-0.2, 0) is 16.1 Å². The summed E-state index contributed by atoms with van der Waals surface area (Å²) in [7, 11) is 1.33. The van der Waals surface area contributed by atoms with Crippen LogP contribution >= 0.6 is 34.5 Å². The van der Waals surface area contributed by atoms with Crippen molar-refractivity contribution in [3.05, 3.63) is 130 Å². The van der Waals surface area contributed by atoms with Crippen molar-refractivity contribution in [1.29, 1.82) is 0 Å². The third-order valence-electron chi connectivity index (χ3n) is 6.32. The van der Waals surface area contributed by atoms with E-state index in [4.69, 9.17) is 37.7 Å². The topological polar surface area (TPSA) is 69.9 Å². The molecule has 39 heavy (non-hydrogen) atoms. The summed E-state index contributed by atoms with van der Waals surface area (Å²) in [4.78, 5) is 32.0. The number of aromatic nitrogens is 1. The summed E-state index contributed by atoms with van der Waals surface area (Å²) in [6, 6.07) is 21.7. The zero-order valence-electron chi connectivity index (χ0n) is 21.2. The van der Waals surface area contributed by atoms with Crippen LogP contribution in [0.1, 0.15) is 36.1 Å². The Hall–Kier alpha value is -3.65. The van der Waals surface area contributed by atoms with E-state index in [1.807, 2.05) is 67.6 Å². The van der Waals surface area contributed by atoms with E-state index in [2.05, 4.69) is 0 Å². The molecule has 0 fully saturated rings. The second kappa shape index (κ2) is 11.6. The Bertz CT molecular complexity index is 1750. The molecule has 0 aliphatic carbocycles. The predicted octanol–water partition coefficient (Wildman–Crippen LogP) is 5.68. The molecule has 4 aromatic rings. The molecule has 0 spiro atoms. The number of hydrogen-bond acceptors (Lipinski definition) is 6. The van der Waals surface area contributed by atoms with Gasteiger partial charge in [-0.05, 0) is 35.8 Å². The molecule has 1 atom stereocenters. The molecule has 0 unspecified atom stereocenters. The number of methoxy groups -OCH3 is 1. The number of rotatable bonds is 7. The van der Waals surface area contributed by atoms with Crippen LogP contribution in [0.4, 0.5) is 0 Å². The number of esters is 1. The summed E-state index contributed by atoms with van der Waals surface area (Å²) in [5.41, 5.74) is 2.95. The first kappa shape index (κ1) is 26.9. The molecule has 9 heteroatoms. The van der Waals surface area contributed by atoms with Crippen molar-refractivity contribution in [2.24, 2.45) is 4.99 Å². The van der Waals surface area contributed by atoms with Gasteiger partial charge in [0.2, 0.25) is 0 Å². The molecule has 2 heterocycles. The first-order valence-corrected chi connectivity index (χ1v) is 13.8. The van der Waals surface area contributed by atoms with Crippen LogP contribution in [-0.4, -0.2) is 17.6 Å². The standard InChI is InChI=1S/C30H24Cl2N2O4S/c1-3-23-25(29(36)37-2)26(19-12-8-5-9-13-19)34-28(35)24(39-30(34)33-23)15-20-14-21(31)16-22(32)27(20)38-17-18-10-6-4-7-11-18/h4-16,26H,3,17H2,1-2H3/b24-15+/t26-/m0/s1. The highest BCUT2D eigenvalue weighted by molar-refractivity contribution is 7.07. The Labute approximate surface area is 239 Å². The molecule has 0 bridgehead atoms. The average Bonchev–Trinajstić information content (AvgIpc) is 3.26. The van der Waals surface area contributed by atoms with Gasteiger partial charge in [0.15, 0.2) is 4.80 Å². The van der Waals surface area contributed by atoms with Gasteiger partial charge in [-0.1, -0.05) is 102 Å². The van der Waals surface area contributed by atoms with Crippen LogP contribution in [0, 0.1) is 0 Å². The summed E-state index contributed by atoms with van der Waals surface area (Å²) in [5.74, 6) is -0.100. The molecule has 3 aromatic carbocycles. The third kappa shape index (κ3) is 5.43. The van der Waals surface area contributed by atoms with E-state index < -0.39 is 12.0 Å². The highest BCUT2D eigenvalue weighted by Gasteiger charge is 2.33. The molecule has 6 nitrogen and oxygen atoms in total. The van der Waals surface area contributed by atoms with Crippen molar-refractivity contribution in [2.45, 2.75) is 26.0 Å². The second-order valence-corrected chi connectivity index (χ2v) is 10.6. The average molecular weight is 580 g/mol. The summed E-state index contributed by atoms with van der Waals surface area (Å²) < 4.78 is 13.2. The third-order valence-corrected chi connectivity index (χ3v) is 7.80. The molecule has 198 valence electrons. The minimum Gasteiger partial charge on any atom is -0.487 e. The molecule has 0 amide bonds. The van der Waals surface area contributed by atoms with Gasteiger partial charge >= 0.3 is 5.97 Å². The van der Waals surface area contributed by atoms with Crippen LogP contribution < -0.4 is 19.6 Å². The maximum atomic E-state index is 13.9. The van der Waals surface area contributed by atoms with Gasteiger partial charge in [-0.15, -0.1) is 0 Å². The van der Waals surface area contributed by atoms with E-state index in [1.165, 1.54) is 18.4 Å². The minimum absolute atomic E-state index is 0.292. The lowest BCUT2D eigenvalue weighted by molar-refractivity contribution is -0.136. The molecule has 0 radical (unpaired) electrons. The van der Waals surface area contributed by atoms with Gasteiger partial charge in [-0.2, -0.15) is 0 Å². The molecule has 5 rings (SSSR count). The number of benzene rings is 3. The first-order chi connectivity index (χ1) is 18.9. The molecule has 1 aliphatic heterocycles. The van der Waals surface area contributed by atoms with Gasteiger partial charge in [0.1, 0.15) is 12.4 Å². The van der Waals surface area contributed by atoms with Crippen molar-refractivity contribution >= 4 is 46.6 Å². The zero-order valence-corrected chi connectivity index (χ0v) is 23.5. The van der Waals surface area contributed by atoms with Crippen LogP contribution in [0.15, 0.2) is 93.9 Å². The maximum Gasteiger partial charge on any atom is 0.338 e. The molecular formula is C30H24Cl2N2O4S. The van der Waals surface area contributed by atoms with Crippen LogP contribution in [0.3, 0.4) is 0 Å². The molecule has 0 N–H and O–H groups in total. The van der Waals surface area contributed by atoms with E-state index >= 15 is 0 Å². The molecule has 0 saturated carbocycles. The lowest BCUT2D eigenvalue weighted by atomic mass is 9.95. The van der Waals surface area contributed by atoms with E-state index in [0.717, 1.165) is 11.1 Å². The normalized spacial score (nSPS) is 15.1. The number of fused-ring (bicyclic) bond motifs is 1. The van der Waals surface area contributed by atoms with Crippen molar-refractivity contribution in [2.75, 3.05) is 7.11 Å². The van der Waals surface area contributed by atoms with E-state index in [1.54, 1.807) is 22.8 Å². The fraction of sp³-hybridized carbons (Fsp3) is 0.167. The fourth-order valence-electron chi connectivity index (χ4n) is 4.53. The largest absolute Gasteiger partial charge is 0.487 e. The lowest BCUT2D eigenvalue weighted by Crippen LogP contribution is -2.40. The number of thiazole rings is 1. The number of ether oxygens (including phenoxy) is 2. The van der Waals surface area contributed by atoms with Gasteiger partial charge in [-0.25, -0.2) is 9.79 Å². The van der Waals surface area contributed by atoms with Crippen molar-refractivity contribution in [3.8, 4) is 5.75 Å². The summed E-state index contributed by atoms with van der Waals surface area (Å²) in [5, 5.41) is 0.746. The SMILES string of the molecule is CCC1=C(C(=O)OC)[C@H](c2ccccc2)n2c(s/c(=C/c3cc(Cl)cc(Cl)c3OCc3ccccc3)c2=O)=N1. The van der Waals surface area contributed by atoms with Gasteiger partial charge in [0.25, 0.3) is 5.56 Å². The molecule has 1 aliphatic rings. The fourth-order valence-corrected chi connectivity index (χ4v) is 6.10. The smallest absolute Gasteiger partial charge is 0.338 e. The molecule has 0 saturated heterocycles. The monoisotopic (exact) mass is 578 g/mol. The van der Waals surface area contributed by atoms with Crippen molar-refractivity contribution < 1.29 is 14.3 Å². The van der Waals surface area contributed by atoms with Gasteiger partial charge in [-0.3, -0.25) is 9.36 Å². The Balaban J connectivity index is 1.68. The number of halogens is 2. The molecule has 1 aromatic heterocycles. The summed E-state index contributed by atoms with van der Waals surface area (Å²) in [6.45, 7) is 2.21. The highest BCUT2D eigenvalue weighted by Crippen LogP contribution is 2.34. The first-order valence-electron chi connectivity index (χ1n) is 12.2. The van der Waals surface area contributed by atoms with E-state index in [0.29, 0.717) is 55.0 Å².